The van der Waals surface area contributed by atoms with Crippen LogP contribution in [0, 0.1) is 5.92 Å². The van der Waals surface area contributed by atoms with Crippen molar-refractivity contribution in [3.63, 3.8) is 0 Å². The van der Waals surface area contributed by atoms with Gasteiger partial charge in [-0.15, -0.1) is 0 Å². The number of aliphatic hydroxyl groups excluding tert-OH is 3. The molecule has 0 unspecified atom stereocenters. The van der Waals surface area contributed by atoms with E-state index in [0.717, 1.165) is 32.1 Å². The minimum absolute atomic E-state index is 0.00655. The fourth-order valence-electron chi connectivity index (χ4n) is 6.54. The minimum atomic E-state index is -1.07. The van der Waals surface area contributed by atoms with Gasteiger partial charge in [-0.05, 0) is 42.5 Å². The standard InChI is InChI=1S/C31H46N2O7/c1-3-4-5-8-14-33(26(36)12-11-20-9-6-7-10-20)24-18-23(31(38)32-13-15-34)27-22-16-21(19-35)17-25(39-2)29(22)40-30(27)28(24)37/h16-18,20,24,27-28,30,34-35,37H,3-15,19H2,1-2H3,(H,32,38)/t24-,27+,28+,30+/m1/s1. The van der Waals surface area contributed by atoms with E-state index in [1.165, 1.54) is 32.8 Å². The van der Waals surface area contributed by atoms with Gasteiger partial charge in [0.05, 0.1) is 32.3 Å². The summed E-state index contributed by atoms with van der Waals surface area (Å²) >= 11 is 0. The van der Waals surface area contributed by atoms with Crippen molar-refractivity contribution in [2.24, 2.45) is 5.92 Å². The van der Waals surface area contributed by atoms with Crippen LogP contribution in [-0.2, 0) is 16.2 Å². The number of carbonyl (C=O) groups excluding carboxylic acids is 2. The summed E-state index contributed by atoms with van der Waals surface area (Å²) in [5.74, 6) is 0.415. The Morgan fingerprint density at radius 3 is 2.60 bits per heavy atom. The monoisotopic (exact) mass is 558 g/mol. The first-order valence-corrected chi connectivity index (χ1v) is 15.0. The second-order valence-electron chi connectivity index (χ2n) is 11.4. The number of methoxy groups -OCH3 is 1. The van der Waals surface area contributed by atoms with Crippen LogP contribution in [0.5, 0.6) is 11.5 Å². The Kier molecular flexibility index (Phi) is 10.9. The average Bonchev–Trinajstić information content (AvgIpc) is 3.63. The summed E-state index contributed by atoms with van der Waals surface area (Å²) in [5.41, 5.74) is 1.64. The van der Waals surface area contributed by atoms with Gasteiger partial charge < -0.3 is 35.0 Å². The van der Waals surface area contributed by atoms with E-state index < -0.39 is 24.2 Å². The fraction of sp³-hybridized carbons (Fsp3) is 0.677. The van der Waals surface area contributed by atoms with E-state index in [9.17, 15) is 24.9 Å². The molecule has 0 bridgehead atoms. The van der Waals surface area contributed by atoms with Crippen LogP contribution in [0.2, 0.25) is 0 Å². The average molecular weight is 559 g/mol. The Morgan fingerprint density at radius 1 is 1.15 bits per heavy atom. The summed E-state index contributed by atoms with van der Waals surface area (Å²) in [6, 6.07) is 2.73. The molecule has 4 rings (SSSR count). The van der Waals surface area contributed by atoms with Gasteiger partial charge in [-0.3, -0.25) is 9.59 Å². The third kappa shape index (κ3) is 6.64. The predicted molar refractivity (Wildman–Crippen MR) is 151 cm³/mol. The molecule has 2 amide bonds. The highest BCUT2D eigenvalue weighted by atomic mass is 16.5. The highest BCUT2D eigenvalue weighted by Gasteiger charge is 2.51. The van der Waals surface area contributed by atoms with Crippen molar-refractivity contribution in [3.05, 3.63) is 34.9 Å². The zero-order chi connectivity index (χ0) is 28.6. The molecule has 9 nitrogen and oxygen atoms in total. The second kappa shape index (κ2) is 14.3. The molecule has 40 heavy (non-hydrogen) atoms. The molecule has 0 radical (unpaired) electrons. The van der Waals surface area contributed by atoms with Crippen molar-refractivity contribution >= 4 is 11.8 Å². The zero-order valence-corrected chi connectivity index (χ0v) is 23.9. The van der Waals surface area contributed by atoms with Gasteiger partial charge in [-0.25, -0.2) is 0 Å². The number of fused-ring (bicyclic) bond motifs is 3. The van der Waals surface area contributed by atoms with Crippen LogP contribution in [0.3, 0.4) is 0 Å². The van der Waals surface area contributed by atoms with Crippen LogP contribution < -0.4 is 14.8 Å². The van der Waals surface area contributed by atoms with E-state index in [4.69, 9.17) is 9.47 Å². The smallest absolute Gasteiger partial charge is 0.247 e. The molecule has 0 spiro atoms. The van der Waals surface area contributed by atoms with Crippen molar-refractivity contribution in [1.82, 2.24) is 10.2 Å². The number of ether oxygens (including phenoxy) is 2. The predicted octanol–water partition coefficient (Wildman–Crippen LogP) is 3.19. The molecular formula is C31H46N2O7. The number of hydrogen-bond acceptors (Lipinski definition) is 7. The minimum Gasteiger partial charge on any atom is -0.493 e. The summed E-state index contributed by atoms with van der Waals surface area (Å²) < 4.78 is 11.8. The first-order valence-electron chi connectivity index (χ1n) is 15.0. The maximum absolute atomic E-state index is 13.7. The lowest BCUT2D eigenvalue weighted by Crippen LogP contribution is -2.56. The van der Waals surface area contributed by atoms with Crippen molar-refractivity contribution in [2.75, 3.05) is 26.8 Å². The third-order valence-corrected chi connectivity index (χ3v) is 8.67. The van der Waals surface area contributed by atoms with Gasteiger partial charge in [-0.1, -0.05) is 51.9 Å². The molecule has 1 saturated carbocycles. The number of unbranched alkanes of at least 4 members (excludes halogenated alkanes) is 3. The third-order valence-electron chi connectivity index (χ3n) is 8.67. The summed E-state index contributed by atoms with van der Waals surface area (Å²) in [5, 5.41) is 33.7. The van der Waals surface area contributed by atoms with Gasteiger partial charge in [0, 0.05) is 30.6 Å². The lowest BCUT2D eigenvalue weighted by atomic mass is 9.77. The molecule has 4 atom stereocenters. The van der Waals surface area contributed by atoms with Crippen LogP contribution in [-0.4, -0.2) is 77.1 Å². The Balaban J connectivity index is 1.69. The largest absolute Gasteiger partial charge is 0.493 e. The van der Waals surface area contributed by atoms with Crippen molar-refractivity contribution in [2.45, 2.75) is 102 Å². The first kappa shape index (κ1) is 30.3. The molecule has 1 aliphatic heterocycles. The summed E-state index contributed by atoms with van der Waals surface area (Å²) in [7, 11) is 1.51. The van der Waals surface area contributed by atoms with E-state index in [-0.39, 0.29) is 31.6 Å². The summed E-state index contributed by atoms with van der Waals surface area (Å²) in [4.78, 5) is 28.9. The first-order chi connectivity index (χ1) is 19.4. The van der Waals surface area contributed by atoms with Crippen LogP contribution in [0.25, 0.3) is 0 Å². The Labute approximate surface area is 237 Å². The number of nitrogens with one attached hydrogen (secondary N) is 1. The number of rotatable bonds is 14. The zero-order valence-electron chi connectivity index (χ0n) is 23.9. The second-order valence-corrected chi connectivity index (χ2v) is 11.4. The van der Waals surface area contributed by atoms with Crippen LogP contribution in [0.4, 0.5) is 0 Å². The van der Waals surface area contributed by atoms with Crippen LogP contribution >= 0.6 is 0 Å². The number of hydrogen-bond donors (Lipinski definition) is 4. The van der Waals surface area contributed by atoms with Crippen molar-refractivity contribution in [1.29, 1.82) is 0 Å². The van der Waals surface area contributed by atoms with Crippen LogP contribution in [0.1, 0.15) is 88.2 Å². The van der Waals surface area contributed by atoms with Gasteiger partial charge in [0.25, 0.3) is 0 Å². The molecule has 3 aliphatic rings. The van der Waals surface area contributed by atoms with Gasteiger partial charge in [0.1, 0.15) is 12.2 Å². The number of amides is 2. The summed E-state index contributed by atoms with van der Waals surface area (Å²) in [6.07, 6.45) is 9.81. The molecule has 9 heteroatoms. The van der Waals surface area contributed by atoms with E-state index in [0.29, 0.717) is 47.1 Å². The Morgan fingerprint density at radius 2 is 1.93 bits per heavy atom. The van der Waals surface area contributed by atoms with E-state index in [1.54, 1.807) is 23.1 Å². The molecule has 0 saturated heterocycles. The summed E-state index contributed by atoms with van der Waals surface area (Å²) in [6.45, 7) is 2.28. The molecule has 0 aromatic heterocycles. The molecule has 4 N–H and O–H groups in total. The highest BCUT2D eigenvalue weighted by molar-refractivity contribution is 5.96. The van der Waals surface area contributed by atoms with Gasteiger partial charge >= 0.3 is 0 Å². The van der Waals surface area contributed by atoms with Crippen LogP contribution in [0.15, 0.2) is 23.8 Å². The van der Waals surface area contributed by atoms with Crippen molar-refractivity contribution in [3.8, 4) is 11.5 Å². The molecule has 222 valence electrons. The van der Waals surface area contributed by atoms with Gasteiger partial charge in [0.15, 0.2) is 11.5 Å². The number of carbonyl (C=O) groups is 2. The molecule has 1 aromatic rings. The Bertz CT molecular complexity index is 1050. The van der Waals surface area contributed by atoms with Gasteiger partial charge in [0.2, 0.25) is 11.8 Å². The SMILES string of the molecule is CCCCCCN(C(=O)CCC1CCCC1)[C@@H]1C=C(C(=O)NCCO)[C@@H]2c3cc(CO)cc(OC)c3O[C@@H]2[C@H]1O. The quantitative estimate of drug-likeness (QED) is 0.258. The normalized spacial score (nSPS) is 23.7. The highest BCUT2D eigenvalue weighted by Crippen LogP contribution is 2.51. The lowest BCUT2D eigenvalue weighted by Gasteiger charge is -2.41. The molecule has 1 heterocycles. The number of aliphatic hydroxyl groups is 3. The Hall–Kier alpha value is -2.62. The number of nitrogens with zero attached hydrogens (tertiary/aromatic N) is 1. The van der Waals surface area contributed by atoms with E-state index >= 15 is 0 Å². The molecule has 1 aromatic carbocycles. The maximum Gasteiger partial charge on any atom is 0.247 e. The van der Waals surface area contributed by atoms with Crippen molar-refractivity contribution < 1.29 is 34.4 Å². The topological polar surface area (TPSA) is 129 Å². The van der Waals surface area contributed by atoms with E-state index in [1.807, 2.05) is 0 Å². The van der Waals surface area contributed by atoms with Gasteiger partial charge in [-0.2, -0.15) is 0 Å². The molecular weight excluding hydrogens is 512 g/mol. The maximum atomic E-state index is 13.7. The van der Waals surface area contributed by atoms with E-state index in [2.05, 4.69) is 12.2 Å². The lowest BCUT2D eigenvalue weighted by molar-refractivity contribution is -0.137. The fourth-order valence-corrected chi connectivity index (χ4v) is 6.54. The molecule has 2 aliphatic carbocycles. The molecule has 1 fully saturated rings. The number of benzene rings is 1.